The van der Waals surface area contributed by atoms with Crippen LogP contribution in [0.1, 0.15) is 35.7 Å². The molecule has 7 heteroatoms. The molecule has 1 aliphatic rings. The Bertz CT molecular complexity index is 1060. The van der Waals surface area contributed by atoms with Gasteiger partial charge >= 0.3 is 5.97 Å². The first-order valence-electron chi connectivity index (χ1n) is 10.4. The van der Waals surface area contributed by atoms with Gasteiger partial charge in [0.15, 0.2) is 5.65 Å². The van der Waals surface area contributed by atoms with Gasteiger partial charge in [-0.25, -0.2) is 9.50 Å². The van der Waals surface area contributed by atoms with E-state index >= 15 is 0 Å². The van der Waals surface area contributed by atoms with E-state index in [1.807, 2.05) is 55.9 Å². The molecule has 0 N–H and O–H groups in total. The van der Waals surface area contributed by atoms with Crippen molar-refractivity contribution in [2.45, 2.75) is 40.0 Å². The summed E-state index contributed by atoms with van der Waals surface area (Å²) in [5, 5.41) is 4.47. The highest BCUT2D eigenvalue weighted by atomic mass is 16.5. The van der Waals surface area contributed by atoms with Crippen molar-refractivity contribution < 1.29 is 19.0 Å². The number of esters is 1. The molecule has 0 amide bonds. The van der Waals surface area contributed by atoms with E-state index < -0.39 is 0 Å². The first kappa shape index (κ1) is 20.2. The van der Waals surface area contributed by atoms with Gasteiger partial charge in [-0.3, -0.25) is 4.79 Å². The van der Waals surface area contributed by atoms with Gasteiger partial charge in [0.2, 0.25) is 0 Å². The maximum atomic E-state index is 12.5. The van der Waals surface area contributed by atoms with Crippen LogP contribution in [-0.4, -0.2) is 40.4 Å². The SMILES string of the molecule is CCOc1ccc2c(c1)CC(C(=O)OCCCc1cnc3c(C)c(C)nn3c1)CO2. The van der Waals surface area contributed by atoms with E-state index in [0.717, 1.165) is 52.4 Å². The highest BCUT2D eigenvalue weighted by Crippen LogP contribution is 2.31. The molecule has 0 saturated carbocycles. The molecule has 3 heterocycles. The molecular weight excluding hydrogens is 382 g/mol. The Labute approximate surface area is 176 Å². The molecule has 0 saturated heterocycles. The Kier molecular flexibility index (Phi) is 5.88. The summed E-state index contributed by atoms with van der Waals surface area (Å²) in [4.78, 5) is 17.0. The maximum absolute atomic E-state index is 12.5. The number of aromatic nitrogens is 3. The van der Waals surface area contributed by atoms with Crippen molar-refractivity contribution in [1.82, 2.24) is 14.6 Å². The van der Waals surface area contributed by atoms with Gasteiger partial charge in [-0.05, 0) is 69.4 Å². The number of aryl methyl sites for hydroxylation is 3. The number of hydrogen-bond donors (Lipinski definition) is 0. The van der Waals surface area contributed by atoms with Crippen LogP contribution in [0.25, 0.3) is 5.65 Å². The topological polar surface area (TPSA) is 75.0 Å². The molecule has 7 nitrogen and oxygen atoms in total. The fourth-order valence-corrected chi connectivity index (χ4v) is 3.67. The zero-order valence-corrected chi connectivity index (χ0v) is 17.7. The van der Waals surface area contributed by atoms with E-state index in [1.165, 1.54) is 0 Å². The van der Waals surface area contributed by atoms with E-state index in [9.17, 15) is 4.79 Å². The molecule has 30 heavy (non-hydrogen) atoms. The Hall–Kier alpha value is -3.09. The van der Waals surface area contributed by atoms with Crippen molar-refractivity contribution in [3.8, 4) is 11.5 Å². The van der Waals surface area contributed by atoms with Crippen LogP contribution in [0.5, 0.6) is 11.5 Å². The van der Waals surface area contributed by atoms with Crippen LogP contribution in [0.2, 0.25) is 0 Å². The minimum atomic E-state index is -0.289. The van der Waals surface area contributed by atoms with E-state index in [2.05, 4.69) is 10.1 Å². The van der Waals surface area contributed by atoms with E-state index in [-0.39, 0.29) is 11.9 Å². The molecule has 0 radical (unpaired) electrons. The fourth-order valence-electron chi connectivity index (χ4n) is 3.67. The number of rotatable bonds is 7. The second-order valence-corrected chi connectivity index (χ2v) is 7.63. The third-order valence-electron chi connectivity index (χ3n) is 5.43. The molecule has 4 rings (SSSR count). The lowest BCUT2D eigenvalue weighted by Crippen LogP contribution is -2.30. The van der Waals surface area contributed by atoms with Crippen molar-refractivity contribution in [3.05, 3.63) is 53.0 Å². The van der Waals surface area contributed by atoms with Gasteiger partial charge in [-0.15, -0.1) is 0 Å². The molecule has 0 spiro atoms. The summed E-state index contributed by atoms with van der Waals surface area (Å²) >= 11 is 0. The van der Waals surface area contributed by atoms with Crippen molar-refractivity contribution in [2.75, 3.05) is 19.8 Å². The quantitative estimate of drug-likeness (QED) is 0.439. The summed E-state index contributed by atoms with van der Waals surface area (Å²) in [6.45, 7) is 7.27. The Morgan fingerprint density at radius 2 is 2.20 bits per heavy atom. The number of ether oxygens (including phenoxy) is 3. The van der Waals surface area contributed by atoms with E-state index in [4.69, 9.17) is 14.2 Å². The molecule has 158 valence electrons. The minimum Gasteiger partial charge on any atom is -0.494 e. The number of benzene rings is 1. The van der Waals surface area contributed by atoms with Gasteiger partial charge in [0.25, 0.3) is 0 Å². The summed E-state index contributed by atoms with van der Waals surface area (Å²) < 4.78 is 18.6. The summed E-state index contributed by atoms with van der Waals surface area (Å²) in [6, 6.07) is 5.73. The Balaban J connectivity index is 1.27. The Morgan fingerprint density at radius 1 is 1.33 bits per heavy atom. The lowest BCUT2D eigenvalue weighted by atomic mass is 9.96. The zero-order valence-electron chi connectivity index (χ0n) is 17.7. The molecule has 1 aliphatic heterocycles. The highest BCUT2D eigenvalue weighted by Gasteiger charge is 2.27. The fraction of sp³-hybridized carbons (Fsp3) is 0.435. The van der Waals surface area contributed by atoms with Crippen molar-refractivity contribution in [3.63, 3.8) is 0 Å². The molecule has 0 aliphatic carbocycles. The van der Waals surface area contributed by atoms with Gasteiger partial charge in [0, 0.05) is 18.0 Å². The first-order valence-corrected chi connectivity index (χ1v) is 10.4. The van der Waals surface area contributed by atoms with Crippen LogP contribution in [0.15, 0.2) is 30.6 Å². The average Bonchev–Trinajstić information content (AvgIpc) is 3.03. The number of carbonyl (C=O) groups is 1. The number of nitrogens with zero attached hydrogens (tertiary/aromatic N) is 3. The highest BCUT2D eigenvalue weighted by molar-refractivity contribution is 5.73. The molecule has 1 aromatic carbocycles. The predicted molar refractivity (Wildman–Crippen MR) is 112 cm³/mol. The second kappa shape index (κ2) is 8.73. The number of carbonyl (C=O) groups excluding carboxylic acids is 1. The summed E-state index contributed by atoms with van der Waals surface area (Å²) in [5.41, 5.74) is 5.02. The van der Waals surface area contributed by atoms with Gasteiger partial charge in [0.1, 0.15) is 18.1 Å². The molecule has 3 aromatic rings. The lowest BCUT2D eigenvalue weighted by Gasteiger charge is -2.24. The van der Waals surface area contributed by atoms with Crippen LogP contribution < -0.4 is 9.47 Å². The normalized spacial score (nSPS) is 15.5. The minimum absolute atomic E-state index is 0.214. The van der Waals surface area contributed by atoms with Gasteiger partial charge < -0.3 is 14.2 Å². The van der Waals surface area contributed by atoms with Gasteiger partial charge in [-0.1, -0.05) is 0 Å². The van der Waals surface area contributed by atoms with Crippen molar-refractivity contribution in [1.29, 1.82) is 0 Å². The van der Waals surface area contributed by atoms with Gasteiger partial charge in [-0.2, -0.15) is 5.10 Å². The number of fused-ring (bicyclic) bond motifs is 2. The van der Waals surface area contributed by atoms with Crippen molar-refractivity contribution >= 4 is 11.6 Å². The van der Waals surface area contributed by atoms with E-state index in [0.29, 0.717) is 26.2 Å². The second-order valence-electron chi connectivity index (χ2n) is 7.63. The van der Waals surface area contributed by atoms with Crippen LogP contribution in [0.4, 0.5) is 0 Å². The van der Waals surface area contributed by atoms with Crippen LogP contribution >= 0.6 is 0 Å². The molecule has 0 fully saturated rings. The molecule has 1 unspecified atom stereocenters. The molecule has 0 bridgehead atoms. The smallest absolute Gasteiger partial charge is 0.312 e. The lowest BCUT2D eigenvalue weighted by molar-refractivity contribution is -0.150. The van der Waals surface area contributed by atoms with Gasteiger partial charge in [0.05, 0.1) is 24.8 Å². The van der Waals surface area contributed by atoms with Crippen LogP contribution in [0, 0.1) is 19.8 Å². The molecule has 1 atom stereocenters. The Morgan fingerprint density at radius 3 is 3.03 bits per heavy atom. The summed E-state index contributed by atoms with van der Waals surface area (Å²) in [5.74, 6) is 1.10. The largest absolute Gasteiger partial charge is 0.494 e. The maximum Gasteiger partial charge on any atom is 0.312 e. The predicted octanol–water partition coefficient (Wildman–Crippen LogP) is 3.47. The molecule has 2 aromatic heterocycles. The summed E-state index contributed by atoms with van der Waals surface area (Å²) in [7, 11) is 0. The number of hydrogen-bond acceptors (Lipinski definition) is 6. The third-order valence-corrected chi connectivity index (χ3v) is 5.43. The standard InChI is InChI=1S/C23H27N3O4/c1-4-28-20-7-8-21-18(11-20)10-19(14-30-21)23(27)29-9-5-6-17-12-24-22-15(2)16(3)25-26(22)13-17/h7-8,11-13,19H,4-6,9-10,14H2,1-3H3. The third kappa shape index (κ3) is 4.25. The zero-order chi connectivity index (χ0) is 21.1. The molecular formula is C23H27N3O4. The monoisotopic (exact) mass is 409 g/mol. The van der Waals surface area contributed by atoms with Crippen LogP contribution in [-0.2, 0) is 22.4 Å². The summed E-state index contributed by atoms with van der Waals surface area (Å²) in [6.07, 6.45) is 5.97. The van der Waals surface area contributed by atoms with E-state index in [1.54, 1.807) is 0 Å². The average molecular weight is 409 g/mol. The van der Waals surface area contributed by atoms with Crippen molar-refractivity contribution in [2.24, 2.45) is 5.92 Å². The van der Waals surface area contributed by atoms with Crippen LogP contribution in [0.3, 0.4) is 0 Å². The first-order chi connectivity index (χ1) is 14.5.